The standard InChI is InChI=1S/C32H35ClFN/c1-22-17-28(33)18-23(2)31(22)30-10-5-8-26-7-3-4-9-29(26)32(30)27-13-11-24(12-14-27)19-25-20-35(21-25)16-6-15-34/h3-4,7,9,11-14,17-18,25H,5-6,8,10,15-16,19-21H2,1-2H3. The Bertz CT molecular complexity index is 1200. The molecule has 0 radical (unpaired) electrons. The van der Waals surface area contributed by atoms with Gasteiger partial charge in [0.2, 0.25) is 0 Å². The van der Waals surface area contributed by atoms with Crippen LogP contribution < -0.4 is 0 Å². The van der Waals surface area contributed by atoms with Gasteiger partial charge in [0, 0.05) is 24.7 Å². The first-order valence-corrected chi connectivity index (χ1v) is 13.4. The number of allylic oxidation sites excluding steroid dienone is 1. The van der Waals surface area contributed by atoms with Crippen LogP contribution in [0.2, 0.25) is 5.02 Å². The Hall–Kier alpha value is -2.42. The number of aryl methyl sites for hydroxylation is 3. The molecule has 1 fully saturated rings. The van der Waals surface area contributed by atoms with Gasteiger partial charge in [0.25, 0.3) is 0 Å². The molecule has 0 amide bonds. The quantitative estimate of drug-likeness (QED) is 0.325. The number of hydrogen-bond acceptors (Lipinski definition) is 1. The number of likely N-dealkylation sites (tertiary alicyclic amines) is 1. The number of hydrogen-bond donors (Lipinski definition) is 0. The molecule has 1 nitrogen and oxygen atoms in total. The van der Waals surface area contributed by atoms with E-state index in [1.807, 2.05) is 0 Å². The third-order valence-electron chi connectivity index (χ3n) is 7.67. The molecule has 3 aromatic carbocycles. The minimum atomic E-state index is -0.210. The van der Waals surface area contributed by atoms with Gasteiger partial charge in [-0.25, -0.2) is 0 Å². The summed E-state index contributed by atoms with van der Waals surface area (Å²) in [5, 5.41) is 0.809. The topological polar surface area (TPSA) is 3.24 Å². The van der Waals surface area contributed by atoms with Crippen LogP contribution in [0, 0.1) is 19.8 Å². The zero-order chi connectivity index (χ0) is 24.4. The summed E-state index contributed by atoms with van der Waals surface area (Å²) >= 11 is 6.40. The van der Waals surface area contributed by atoms with Gasteiger partial charge < -0.3 is 4.90 Å². The average molecular weight is 488 g/mol. The number of benzene rings is 3. The lowest BCUT2D eigenvalue weighted by molar-refractivity contribution is 0.0968. The van der Waals surface area contributed by atoms with Crippen LogP contribution in [0.1, 0.15) is 58.2 Å². The van der Waals surface area contributed by atoms with E-state index in [-0.39, 0.29) is 6.67 Å². The van der Waals surface area contributed by atoms with Crippen molar-refractivity contribution in [2.24, 2.45) is 5.92 Å². The summed E-state index contributed by atoms with van der Waals surface area (Å²) in [5.41, 5.74) is 12.2. The van der Waals surface area contributed by atoms with Crippen molar-refractivity contribution in [3.63, 3.8) is 0 Å². The molecule has 0 atom stereocenters. The van der Waals surface area contributed by atoms with Crippen molar-refractivity contribution >= 4 is 22.7 Å². The molecule has 0 N–H and O–H groups in total. The van der Waals surface area contributed by atoms with Gasteiger partial charge in [-0.05, 0) is 114 Å². The maximum absolute atomic E-state index is 12.4. The van der Waals surface area contributed by atoms with Crippen LogP contribution in [0.3, 0.4) is 0 Å². The molecule has 0 unspecified atom stereocenters. The molecule has 1 heterocycles. The molecular formula is C32H35ClFN. The van der Waals surface area contributed by atoms with Gasteiger partial charge in [0.15, 0.2) is 0 Å². The molecule has 35 heavy (non-hydrogen) atoms. The molecule has 1 aliphatic carbocycles. The highest BCUT2D eigenvalue weighted by Gasteiger charge is 2.26. The highest BCUT2D eigenvalue weighted by atomic mass is 35.5. The predicted octanol–water partition coefficient (Wildman–Crippen LogP) is 8.09. The zero-order valence-corrected chi connectivity index (χ0v) is 21.7. The number of fused-ring (bicyclic) bond motifs is 1. The first-order chi connectivity index (χ1) is 17.0. The summed E-state index contributed by atoms with van der Waals surface area (Å²) in [6.45, 7) is 7.26. The van der Waals surface area contributed by atoms with Gasteiger partial charge in [-0.3, -0.25) is 4.39 Å². The summed E-state index contributed by atoms with van der Waals surface area (Å²) in [6, 6.07) is 22.4. The Labute approximate surface area is 214 Å². The maximum Gasteiger partial charge on any atom is 0.0906 e. The predicted molar refractivity (Wildman–Crippen MR) is 147 cm³/mol. The lowest BCUT2D eigenvalue weighted by Gasteiger charge is -2.39. The molecule has 182 valence electrons. The molecule has 3 heteroatoms. The highest BCUT2D eigenvalue weighted by Crippen LogP contribution is 2.42. The molecule has 0 aromatic heterocycles. The first kappa shape index (κ1) is 24.3. The van der Waals surface area contributed by atoms with E-state index in [2.05, 4.69) is 79.4 Å². The van der Waals surface area contributed by atoms with Gasteiger partial charge in [-0.15, -0.1) is 0 Å². The molecule has 0 saturated carbocycles. The third-order valence-corrected chi connectivity index (χ3v) is 7.89. The SMILES string of the molecule is Cc1cc(Cl)cc(C)c1C1=C(c2ccc(CC3CN(CCCF)C3)cc2)c2ccccc2CCC1. The first-order valence-electron chi connectivity index (χ1n) is 13.0. The fourth-order valence-electron chi connectivity index (χ4n) is 6.10. The minimum Gasteiger partial charge on any atom is -0.303 e. The second-order valence-corrected chi connectivity index (χ2v) is 10.8. The number of halogens is 2. The van der Waals surface area contributed by atoms with E-state index in [0.717, 1.165) is 50.3 Å². The van der Waals surface area contributed by atoms with Gasteiger partial charge in [0.1, 0.15) is 0 Å². The molecule has 2 aliphatic rings. The van der Waals surface area contributed by atoms with E-state index in [1.54, 1.807) is 0 Å². The van der Waals surface area contributed by atoms with Gasteiger partial charge >= 0.3 is 0 Å². The van der Waals surface area contributed by atoms with Gasteiger partial charge in [-0.2, -0.15) is 0 Å². The Morgan fingerprint density at radius 1 is 0.943 bits per heavy atom. The van der Waals surface area contributed by atoms with Crippen molar-refractivity contribution in [1.82, 2.24) is 4.90 Å². The van der Waals surface area contributed by atoms with Crippen LogP contribution in [-0.2, 0) is 12.8 Å². The minimum absolute atomic E-state index is 0.210. The van der Waals surface area contributed by atoms with Crippen LogP contribution in [0.5, 0.6) is 0 Å². The maximum atomic E-state index is 12.4. The summed E-state index contributed by atoms with van der Waals surface area (Å²) < 4.78 is 12.4. The molecular weight excluding hydrogens is 453 g/mol. The summed E-state index contributed by atoms with van der Waals surface area (Å²) in [6.07, 6.45) is 5.08. The molecule has 1 saturated heterocycles. The number of alkyl halides is 1. The second-order valence-electron chi connectivity index (χ2n) is 10.3. The Kier molecular flexibility index (Phi) is 7.41. The van der Waals surface area contributed by atoms with Crippen molar-refractivity contribution in [2.45, 2.75) is 46.0 Å². The van der Waals surface area contributed by atoms with Crippen LogP contribution >= 0.6 is 11.6 Å². The van der Waals surface area contributed by atoms with E-state index in [4.69, 9.17) is 11.6 Å². The van der Waals surface area contributed by atoms with Crippen LogP contribution in [0.15, 0.2) is 60.7 Å². The molecule has 1 aliphatic heterocycles. The number of rotatable bonds is 7. The molecule has 3 aromatic rings. The van der Waals surface area contributed by atoms with Crippen molar-refractivity contribution in [3.8, 4) is 0 Å². The fraction of sp³-hybridized carbons (Fsp3) is 0.375. The Balaban J connectivity index is 1.50. The Morgan fingerprint density at radius 2 is 1.66 bits per heavy atom. The zero-order valence-electron chi connectivity index (χ0n) is 20.9. The second kappa shape index (κ2) is 10.7. The average Bonchev–Trinajstić information content (AvgIpc) is 3.00. The summed E-state index contributed by atoms with van der Waals surface area (Å²) in [7, 11) is 0. The lowest BCUT2D eigenvalue weighted by Crippen LogP contribution is -2.47. The van der Waals surface area contributed by atoms with E-state index >= 15 is 0 Å². The number of nitrogens with zero attached hydrogens (tertiary/aromatic N) is 1. The van der Waals surface area contributed by atoms with Gasteiger partial charge in [0.05, 0.1) is 6.67 Å². The molecule has 0 bridgehead atoms. The van der Waals surface area contributed by atoms with Crippen molar-refractivity contribution in [1.29, 1.82) is 0 Å². The highest BCUT2D eigenvalue weighted by molar-refractivity contribution is 6.30. The van der Waals surface area contributed by atoms with Crippen molar-refractivity contribution in [3.05, 3.63) is 105 Å². The molecule has 0 spiro atoms. The van der Waals surface area contributed by atoms with Gasteiger partial charge in [-0.1, -0.05) is 60.1 Å². The normalized spacial score (nSPS) is 16.7. The monoisotopic (exact) mass is 487 g/mol. The lowest BCUT2D eigenvalue weighted by atomic mass is 9.84. The van der Waals surface area contributed by atoms with Crippen LogP contribution in [0.4, 0.5) is 4.39 Å². The van der Waals surface area contributed by atoms with E-state index < -0.39 is 0 Å². The summed E-state index contributed by atoms with van der Waals surface area (Å²) in [4.78, 5) is 2.37. The van der Waals surface area contributed by atoms with Crippen molar-refractivity contribution in [2.75, 3.05) is 26.3 Å². The smallest absolute Gasteiger partial charge is 0.0906 e. The Morgan fingerprint density at radius 3 is 2.37 bits per heavy atom. The third kappa shape index (κ3) is 5.25. The van der Waals surface area contributed by atoms with Crippen LogP contribution in [-0.4, -0.2) is 31.2 Å². The fourth-order valence-corrected chi connectivity index (χ4v) is 6.43. The van der Waals surface area contributed by atoms with E-state index in [9.17, 15) is 4.39 Å². The van der Waals surface area contributed by atoms with E-state index in [1.165, 1.54) is 50.1 Å². The molecule has 5 rings (SSSR count). The van der Waals surface area contributed by atoms with Crippen molar-refractivity contribution < 1.29 is 4.39 Å². The largest absolute Gasteiger partial charge is 0.303 e. The van der Waals surface area contributed by atoms with Crippen LogP contribution in [0.25, 0.3) is 11.1 Å². The summed E-state index contributed by atoms with van der Waals surface area (Å²) in [5.74, 6) is 0.688. The van der Waals surface area contributed by atoms with E-state index in [0.29, 0.717) is 12.3 Å².